The maximum Gasteiger partial charge on any atom is 0.333 e. The predicted octanol–water partition coefficient (Wildman–Crippen LogP) is 4.61. The van der Waals surface area contributed by atoms with Crippen molar-refractivity contribution in [3.63, 3.8) is 0 Å². The van der Waals surface area contributed by atoms with E-state index in [1.807, 2.05) is 55.5 Å². The van der Waals surface area contributed by atoms with E-state index in [0.717, 1.165) is 40.9 Å². The molecule has 0 bridgehead atoms. The number of carboxylic acid groups (broad SMARTS) is 1. The molecule has 7 nitrogen and oxygen atoms in total. The van der Waals surface area contributed by atoms with Crippen LogP contribution >= 0.6 is 0 Å². The Morgan fingerprint density at radius 3 is 2.65 bits per heavy atom. The lowest BCUT2D eigenvalue weighted by Gasteiger charge is -2.09. The molecule has 2 aromatic heterocycles. The van der Waals surface area contributed by atoms with Gasteiger partial charge in [0.05, 0.1) is 5.69 Å². The van der Waals surface area contributed by atoms with Gasteiger partial charge in [0.15, 0.2) is 17.6 Å². The molecule has 7 heteroatoms. The van der Waals surface area contributed by atoms with E-state index in [-0.39, 0.29) is 6.42 Å². The van der Waals surface area contributed by atoms with Gasteiger partial charge in [-0.25, -0.2) is 14.8 Å². The normalized spacial score (nSPS) is 12.3. The number of fused-ring (bicyclic) bond motifs is 1. The van der Waals surface area contributed by atoms with Gasteiger partial charge in [0.25, 0.3) is 0 Å². The first-order chi connectivity index (χ1) is 15.0. The first-order valence-electron chi connectivity index (χ1n) is 10.2. The summed E-state index contributed by atoms with van der Waals surface area (Å²) in [6.07, 6.45) is 1.66. The molecule has 0 saturated carbocycles. The number of oxazole rings is 2. The number of benzene rings is 2. The fourth-order valence-corrected chi connectivity index (χ4v) is 3.51. The fourth-order valence-electron chi connectivity index (χ4n) is 3.51. The smallest absolute Gasteiger partial charge is 0.333 e. The van der Waals surface area contributed by atoms with Crippen LogP contribution in [0.4, 0.5) is 0 Å². The number of hydrogen-bond acceptors (Lipinski definition) is 6. The van der Waals surface area contributed by atoms with Crippen molar-refractivity contribution < 1.29 is 23.5 Å². The summed E-state index contributed by atoms with van der Waals surface area (Å²) in [5, 5.41) is 9.16. The van der Waals surface area contributed by atoms with Gasteiger partial charge < -0.3 is 18.7 Å². The van der Waals surface area contributed by atoms with E-state index in [0.29, 0.717) is 23.8 Å². The quantitative estimate of drug-likeness (QED) is 0.422. The van der Waals surface area contributed by atoms with Gasteiger partial charge in [0.1, 0.15) is 11.3 Å². The standard InChI is InChI=1S/C24H24N2O5/c1-15-18(26-23(30-15)17-7-4-3-5-8-17)9-6-10-22-25-19-13-16(11-12-20(19)31-22)14-21(29-2)24(27)28/h3-5,7-8,11-13,21H,6,9-10,14H2,1-2H3,(H,27,28)/t21-/m0/s1. The molecule has 0 saturated heterocycles. The Labute approximate surface area is 179 Å². The molecule has 0 aliphatic heterocycles. The van der Waals surface area contributed by atoms with Gasteiger partial charge in [-0.3, -0.25) is 0 Å². The second kappa shape index (κ2) is 9.14. The van der Waals surface area contributed by atoms with E-state index in [4.69, 9.17) is 18.7 Å². The van der Waals surface area contributed by atoms with Gasteiger partial charge in [-0.1, -0.05) is 24.3 Å². The molecule has 0 aliphatic carbocycles. The Morgan fingerprint density at radius 2 is 1.90 bits per heavy atom. The Bertz CT molecular complexity index is 1180. The minimum Gasteiger partial charge on any atom is -0.479 e. The molecule has 2 heterocycles. The largest absolute Gasteiger partial charge is 0.479 e. The SMILES string of the molecule is CO[C@@H](Cc1ccc2oc(CCCc3nc(-c4ccccc4)oc3C)nc2c1)C(=O)O. The summed E-state index contributed by atoms with van der Waals surface area (Å²) < 4.78 is 16.7. The minimum absolute atomic E-state index is 0.277. The molecule has 31 heavy (non-hydrogen) atoms. The summed E-state index contributed by atoms with van der Waals surface area (Å²) in [7, 11) is 1.39. The fraction of sp³-hybridized carbons (Fsp3) is 0.292. The molecule has 0 spiro atoms. The van der Waals surface area contributed by atoms with Crippen LogP contribution in [-0.2, 0) is 28.8 Å². The third kappa shape index (κ3) is 4.83. The molecule has 0 fully saturated rings. The summed E-state index contributed by atoms with van der Waals surface area (Å²) in [5.74, 6) is 1.13. The van der Waals surface area contributed by atoms with Gasteiger partial charge in [0, 0.05) is 25.5 Å². The monoisotopic (exact) mass is 420 g/mol. The van der Waals surface area contributed by atoms with Crippen LogP contribution in [0.3, 0.4) is 0 Å². The summed E-state index contributed by atoms with van der Waals surface area (Å²) >= 11 is 0. The van der Waals surface area contributed by atoms with Gasteiger partial charge >= 0.3 is 5.97 Å². The molecule has 1 N–H and O–H groups in total. The van der Waals surface area contributed by atoms with Crippen LogP contribution in [0, 0.1) is 6.92 Å². The van der Waals surface area contributed by atoms with Gasteiger partial charge in [-0.05, 0) is 49.6 Å². The molecule has 1 atom stereocenters. The van der Waals surface area contributed by atoms with Crippen LogP contribution in [0.2, 0.25) is 0 Å². The number of aromatic nitrogens is 2. The second-order valence-corrected chi connectivity index (χ2v) is 7.42. The second-order valence-electron chi connectivity index (χ2n) is 7.42. The molecule has 0 aliphatic rings. The number of carboxylic acids is 1. The first kappa shape index (κ1) is 20.8. The summed E-state index contributed by atoms with van der Waals surface area (Å²) in [6.45, 7) is 1.93. The molecular weight excluding hydrogens is 396 g/mol. The van der Waals surface area contributed by atoms with E-state index in [1.54, 1.807) is 0 Å². The summed E-state index contributed by atoms with van der Waals surface area (Å²) in [6, 6.07) is 15.4. The van der Waals surface area contributed by atoms with E-state index in [1.165, 1.54) is 7.11 Å². The van der Waals surface area contributed by atoms with Crippen LogP contribution in [0.5, 0.6) is 0 Å². The zero-order valence-corrected chi connectivity index (χ0v) is 17.5. The predicted molar refractivity (Wildman–Crippen MR) is 115 cm³/mol. The van der Waals surface area contributed by atoms with Crippen molar-refractivity contribution in [2.24, 2.45) is 0 Å². The number of carbonyl (C=O) groups is 1. The highest BCUT2D eigenvalue weighted by molar-refractivity contribution is 5.75. The van der Waals surface area contributed by atoms with E-state index in [9.17, 15) is 4.79 Å². The van der Waals surface area contributed by atoms with Crippen LogP contribution < -0.4 is 0 Å². The topological polar surface area (TPSA) is 98.6 Å². The summed E-state index contributed by atoms with van der Waals surface area (Å²) in [5.41, 5.74) is 4.15. The van der Waals surface area contributed by atoms with Crippen molar-refractivity contribution in [2.75, 3.05) is 7.11 Å². The molecule has 0 unspecified atom stereocenters. The minimum atomic E-state index is -0.984. The van der Waals surface area contributed by atoms with Gasteiger partial charge in [-0.15, -0.1) is 0 Å². The molecule has 0 radical (unpaired) electrons. The zero-order chi connectivity index (χ0) is 21.8. The maximum absolute atomic E-state index is 11.2. The number of hydrogen-bond donors (Lipinski definition) is 1. The Kier molecular flexibility index (Phi) is 6.13. The van der Waals surface area contributed by atoms with Crippen molar-refractivity contribution in [3.8, 4) is 11.5 Å². The number of ether oxygens (including phenoxy) is 1. The highest BCUT2D eigenvalue weighted by Crippen LogP contribution is 2.23. The average Bonchev–Trinajstić information content (AvgIpc) is 3.35. The summed E-state index contributed by atoms with van der Waals surface area (Å²) in [4.78, 5) is 20.4. The van der Waals surface area contributed by atoms with E-state index >= 15 is 0 Å². The van der Waals surface area contributed by atoms with Crippen LogP contribution in [0.15, 0.2) is 57.4 Å². The maximum atomic E-state index is 11.2. The Hall–Kier alpha value is -3.45. The first-order valence-corrected chi connectivity index (χ1v) is 10.2. The van der Waals surface area contributed by atoms with E-state index < -0.39 is 12.1 Å². The zero-order valence-electron chi connectivity index (χ0n) is 17.5. The van der Waals surface area contributed by atoms with Crippen LogP contribution in [-0.4, -0.2) is 34.3 Å². The van der Waals surface area contributed by atoms with E-state index in [2.05, 4.69) is 9.97 Å². The third-order valence-corrected chi connectivity index (χ3v) is 5.19. The van der Waals surface area contributed by atoms with Crippen LogP contribution in [0.1, 0.15) is 29.3 Å². The Balaban J connectivity index is 1.39. The molecule has 0 amide bonds. The lowest BCUT2D eigenvalue weighted by Crippen LogP contribution is -2.24. The van der Waals surface area contributed by atoms with Crippen molar-refractivity contribution in [1.82, 2.24) is 9.97 Å². The van der Waals surface area contributed by atoms with Gasteiger partial charge in [0.2, 0.25) is 5.89 Å². The lowest BCUT2D eigenvalue weighted by molar-refractivity contribution is -0.148. The average molecular weight is 420 g/mol. The molecule has 4 aromatic rings. The molecule has 2 aromatic carbocycles. The van der Waals surface area contributed by atoms with Crippen molar-refractivity contribution in [1.29, 1.82) is 0 Å². The highest BCUT2D eigenvalue weighted by Gasteiger charge is 2.18. The molecular formula is C24H24N2O5. The number of nitrogens with zero attached hydrogens (tertiary/aromatic N) is 2. The van der Waals surface area contributed by atoms with Crippen molar-refractivity contribution in [3.05, 3.63) is 71.4 Å². The number of aliphatic carboxylic acids is 1. The highest BCUT2D eigenvalue weighted by atomic mass is 16.5. The van der Waals surface area contributed by atoms with Crippen molar-refractivity contribution >= 4 is 17.1 Å². The van der Waals surface area contributed by atoms with Gasteiger partial charge in [-0.2, -0.15) is 0 Å². The third-order valence-electron chi connectivity index (χ3n) is 5.19. The number of rotatable bonds is 9. The number of aryl methyl sites for hydroxylation is 3. The molecule has 160 valence electrons. The number of methoxy groups -OCH3 is 1. The van der Waals surface area contributed by atoms with Crippen molar-refractivity contribution in [2.45, 2.75) is 38.7 Å². The Morgan fingerprint density at radius 1 is 1.10 bits per heavy atom. The lowest BCUT2D eigenvalue weighted by atomic mass is 10.1. The molecule has 4 rings (SSSR count). The van der Waals surface area contributed by atoms with Crippen LogP contribution in [0.25, 0.3) is 22.6 Å².